The summed E-state index contributed by atoms with van der Waals surface area (Å²) in [7, 11) is 0. The van der Waals surface area contributed by atoms with Crippen LogP contribution in [0.25, 0.3) is 0 Å². The predicted octanol–water partition coefficient (Wildman–Crippen LogP) is 3.14. The maximum absolute atomic E-state index is 13.3. The van der Waals surface area contributed by atoms with E-state index in [-0.39, 0.29) is 0 Å². The largest absolute Gasteiger partial charge is 0.330 e. The minimum Gasteiger partial charge on any atom is -0.330 e. The van der Waals surface area contributed by atoms with Crippen molar-refractivity contribution in [1.29, 1.82) is 0 Å². The van der Waals surface area contributed by atoms with Gasteiger partial charge in [0.05, 0.1) is 0 Å². The molecule has 0 unspecified atom stereocenters. The zero-order valence-corrected chi connectivity index (χ0v) is 12.4. The van der Waals surface area contributed by atoms with Crippen LogP contribution in [0.2, 0.25) is 0 Å². The topological polar surface area (TPSA) is 29.3 Å². The first-order chi connectivity index (χ1) is 10.7. The first-order valence-electron chi connectivity index (χ1n) is 7.58. The van der Waals surface area contributed by atoms with Crippen LogP contribution in [0.1, 0.15) is 17.0 Å². The molecule has 0 saturated carbocycles. The summed E-state index contributed by atoms with van der Waals surface area (Å²) in [5.74, 6) is -0.789. The van der Waals surface area contributed by atoms with E-state index in [0.717, 1.165) is 18.7 Å². The molecule has 2 aromatic rings. The normalized spacial score (nSPS) is 22.1. The second-order valence-corrected chi connectivity index (χ2v) is 5.96. The third kappa shape index (κ3) is 3.18. The fraction of sp³-hybridized carbons (Fsp3) is 0.333. The monoisotopic (exact) mass is 302 g/mol. The van der Waals surface area contributed by atoms with E-state index in [2.05, 4.69) is 17.0 Å². The minimum atomic E-state index is -0.799. The van der Waals surface area contributed by atoms with Gasteiger partial charge in [-0.25, -0.2) is 8.78 Å². The van der Waals surface area contributed by atoms with Gasteiger partial charge in [0.1, 0.15) is 0 Å². The van der Waals surface area contributed by atoms with Gasteiger partial charge in [0, 0.05) is 25.6 Å². The molecule has 0 radical (unpaired) electrons. The van der Waals surface area contributed by atoms with Crippen LogP contribution in [0.5, 0.6) is 0 Å². The Morgan fingerprint density at radius 3 is 2.45 bits per heavy atom. The molecule has 0 spiro atoms. The molecule has 2 nitrogen and oxygen atoms in total. The van der Waals surface area contributed by atoms with Crippen LogP contribution in [0.3, 0.4) is 0 Å². The summed E-state index contributed by atoms with van der Waals surface area (Å²) in [5, 5.41) is 0. The lowest BCUT2D eigenvalue weighted by Crippen LogP contribution is -2.23. The molecule has 1 aliphatic heterocycles. The molecule has 22 heavy (non-hydrogen) atoms. The van der Waals surface area contributed by atoms with E-state index in [1.165, 1.54) is 17.7 Å². The van der Waals surface area contributed by atoms with E-state index in [1.54, 1.807) is 6.07 Å². The Kier molecular flexibility index (Phi) is 4.50. The number of likely N-dealkylation sites (tertiary alicyclic amines) is 1. The summed E-state index contributed by atoms with van der Waals surface area (Å²) in [4.78, 5) is 2.27. The number of rotatable bonds is 4. The first kappa shape index (κ1) is 15.1. The van der Waals surface area contributed by atoms with Crippen LogP contribution < -0.4 is 5.73 Å². The van der Waals surface area contributed by atoms with Gasteiger partial charge in [-0.05, 0) is 35.7 Å². The molecule has 0 amide bonds. The van der Waals surface area contributed by atoms with Crippen molar-refractivity contribution in [3.8, 4) is 0 Å². The summed E-state index contributed by atoms with van der Waals surface area (Å²) in [6.45, 7) is 3.03. The van der Waals surface area contributed by atoms with E-state index in [9.17, 15) is 8.78 Å². The lowest BCUT2D eigenvalue weighted by molar-refractivity contribution is 0.316. The minimum absolute atomic E-state index is 0.396. The zero-order chi connectivity index (χ0) is 15.5. The van der Waals surface area contributed by atoms with E-state index in [4.69, 9.17) is 5.73 Å². The average molecular weight is 302 g/mol. The van der Waals surface area contributed by atoms with E-state index in [0.29, 0.717) is 24.9 Å². The van der Waals surface area contributed by atoms with E-state index >= 15 is 0 Å². The lowest BCUT2D eigenvalue weighted by Gasteiger charge is -2.17. The van der Waals surface area contributed by atoms with Crippen molar-refractivity contribution in [2.45, 2.75) is 12.5 Å². The smallest absolute Gasteiger partial charge is 0.159 e. The molecule has 1 heterocycles. The van der Waals surface area contributed by atoms with Gasteiger partial charge in [-0.1, -0.05) is 36.4 Å². The van der Waals surface area contributed by atoms with Crippen LogP contribution in [0, 0.1) is 17.6 Å². The predicted molar refractivity (Wildman–Crippen MR) is 83.4 cm³/mol. The molecule has 0 aliphatic carbocycles. The van der Waals surface area contributed by atoms with Crippen molar-refractivity contribution in [3.63, 3.8) is 0 Å². The molecule has 0 aromatic heterocycles. The number of nitrogens with zero attached hydrogens (tertiary/aromatic N) is 1. The summed E-state index contributed by atoms with van der Waals surface area (Å²) >= 11 is 0. The Balaban J connectivity index is 1.72. The molecule has 0 bridgehead atoms. The van der Waals surface area contributed by atoms with Crippen LogP contribution in [0.15, 0.2) is 48.5 Å². The van der Waals surface area contributed by atoms with Gasteiger partial charge < -0.3 is 5.73 Å². The lowest BCUT2D eigenvalue weighted by atomic mass is 9.89. The molecule has 1 aliphatic rings. The molecular formula is C18H20F2N2. The van der Waals surface area contributed by atoms with Crippen LogP contribution in [-0.4, -0.2) is 24.5 Å². The summed E-state index contributed by atoms with van der Waals surface area (Å²) < 4.78 is 26.3. The summed E-state index contributed by atoms with van der Waals surface area (Å²) in [5.41, 5.74) is 8.02. The Morgan fingerprint density at radius 2 is 1.77 bits per heavy atom. The third-order valence-corrected chi connectivity index (χ3v) is 4.44. The standard InChI is InChI=1S/C18H20F2N2/c19-17-7-6-13(8-18(17)20)10-22-11-15(9-21)16(12-22)14-4-2-1-3-5-14/h1-8,15-16H,9-12,21H2/t15-,16+/m1/s1. The molecule has 1 fully saturated rings. The quantitative estimate of drug-likeness (QED) is 0.940. The van der Waals surface area contributed by atoms with Gasteiger partial charge in [-0.3, -0.25) is 4.90 Å². The second kappa shape index (κ2) is 6.55. The number of hydrogen-bond acceptors (Lipinski definition) is 2. The highest BCUT2D eigenvalue weighted by Gasteiger charge is 2.32. The van der Waals surface area contributed by atoms with Crippen LogP contribution in [-0.2, 0) is 6.54 Å². The van der Waals surface area contributed by atoms with Gasteiger partial charge in [-0.15, -0.1) is 0 Å². The number of hydrogen-bond donors (Lipinski definition) is 1. The maximum Gasteiger partial charge on any atom is 0.159 e. The second-order valence-electron chi connectivity index (χ2n) is 5.96. The van der Waals surface area contributed by atoms with Gasteiger partial charge >= 0.3 is 0 Å². The van der Waals surface area contributed by atoms with Crippen LogP contribution >= 0.6 is 0 Å². The van der Waals surface area contributed by atoms with Crippen molar-refractivity contribution < 1.29 is 8.78 Å². The van der Waals surface area contributed by atoms with Gasteiger partial charge in [0.15, 0.2) is 11.6 Å². The van der Waals surface area contributed by atoms with Crippen molar-refractivity contribution in [3.05, 3.63) is 71.3 Å². The Hall–Kier alpha value is -1.78. The molecule has 116 valence electrons. The molecule has 2 atom stereocenters. The highest BCUT2D eigenvalue weighted by Crippen LogP contribution is 2.32. The van der Waals surface area contributed by atoms with Crippen molar-refractivity contribution >= 4 is 0 Å². The summed E-state index contributed by atoms with van der Waals surface area (Å²) in [6, 6.07) is 14.5. The highest BCUT2D eigenvalue weighted by atomic mass is 19.2. The number of nitrogens with two attached hydrogens (primary N) is 1. The Bertz CT molecular complexity index is 630. The van der Waals surface area contributed by atoms with Gasteiger partial charge in [0.2, 0.25) is 0 Å². The zero-order valence-electron chi connectivity index (χ0n) is 12.4. The first-order valence-corrected chi connectivity index (χ1v) is 7.58. The number of halogens is 2. The Morgan fingerprint density at radius 1 is 1.00 bits per heavy atom. The SMILES string of the molecule is NC[C@@H]1CN(Cc2ccc(F)c(F)c2)C[C@H]1c1ccccc1. The Labute approximate surface area is 129 Å². The molecule has 4 heteroatoms. The highest BCUT2D eigenvalue weighted by molar-refractivity contribution is 5.23. The van der Waals surface area contributed by atoms with Gasteiger partial charge in [0.25, 0.3) is 0 Å². The third-order valence-electron chi connectivity index (χ3n) is 4.44. The maximum atomic E-state index is 13.3. The molecule has 1 saturated heterocycles. The molecular weight excluding hydrogens is 282 g/mol. The van der Waals surface area contributed by atoms with Crippen molar-refractivity contribution in [1.82, 2.24) is 4.90 Å². The van der Waals surface area contributed by atoms with Crippen LogP contribution in [0.4, 0.5) is 8.78 Å². The van der Waals surface area contributed by atoms with E-state index < -0.39 is 11.6 Å². The number of benzene rings is 2. The molecule has 2 aromatic carbocycles. The fourth-order valence-corrected chi connectivity index (χ4v) is 3.30. The van der Waals surface area contributed by atoms with Crippen molar-refractivity contribution in [2.24, 2.45) is 11.7 Å². The summed E-state index contributed by atoms with van der Waals surface area (Å²) in [6.07, 6.45) is 0. The average Bonchev–Trinajstić information content (AvgIpc) is 2.95. The molecule has 2 N–H and O–H groups in total. The fourth-order valence-electron chi connectivity index (χ4n) is 3.30. The van der Waals surface area contributed by atoms with Crippen molar-refractivity contribution in [2.75, 3.05) is 19.6 Å². The van der Waals surface area contributed by atoms with E-state index in [1.807, 2.05) is 18.2 Å². The van der Waals surface area contributed by atoms with Gasteiger partial charge in [-0.2, -0.15) is 0 Å². The molecule has 3 rings (SSSR count).